The van der Waals surface area contributed by atoms with Gasteiger partial charge in [-0.15, -0.1) is 0 Å². The summed E-state index contributed by atoms with van der Waals surface area (Å²) in [6, 6.07) is 3.92. The van der Waals surface area contributed by atoms with E-state index in [2.05, 4.69) is 15.2 Å². The van der Waals surface area contributed by atoms with Crippen LogP contribution < -0.4 is 5.32 Å². The Morgan fingerprint density at radius 1 is 1.53 bits per heavy atom. The molecule has 1 fully saturated rings. The van der Waals surface area contributed by atoms with Gasteiger partial charge >= 0.3 is 0 Å². The van der Waals surface area contributed by atoms with Crippen LogP contribution in [0.5, 0.6) is 0 Å². The average molecular weight is 237 g/mol. The number of carbonyl (C=O) groups is 1. The predicted octanol–water partition coefficient (Wildman–Crippen LogP) is 1.35. The predicted molar refractivity (Wildman–Crippen MR) is 64.1 cm³/mol. The van der Waals surface area contributed by atoms with Gasteiger partial charge in [-0.1, -0.05) is 0 Å². The Labute approximate surface area is 99.8 Å². The van der Waals surface area contributed by atoms with Gasteiger partial charge in [0.2, 0.25) is 0 Å². The monoisotopic (exact) mass is 237 g/mol. The summed E-state index contributed by atoms with van der Waals surface area (Å²) < 4.78 is 11.9. The summed E-state index contributed by atoms with van der Waals surface area (Å²) in [5.74, 6) is 0.783. The first-order valence-electron chi connectivity index (χ1n) is 5.78. The van der Waals surface area contributed by atoms with Gasteiger partial charge in [0.25, 0.3) is 0 Å². The molecule has 92 valence electrons. The number of alkyl halides is 1. The van der Waals surface area contributed by atoms with Crippen molar-refractivity contribution in [2.75, 3.05) is 31.6 Å². The van der Waals surface area contributed by atoms with E-state index >= 15 is 0 Å². The van der Waals surface area contributed by atoms with Gasteiger partial charge in [0.15, 0.2) is 6.29 Å². The summed E-state index contributed by atoms with van der Waals surface area (Å²) in [4.78, 5) is 16.8. The molecule has 5 heteroatoms. The van der Waals surface area contributed by atoms with Crippen molar-refractivity contribution in [3.05, 3.63) is 23.9 Å². The molecule has 1 aromatic rings. The van der Waals surface area contributed by atoms with Crippen molar-refractivity contribution in [1.29, 1.82) is 0 Å². The maximum absolute atomic E-state index is 11.9. The molecule has 2 rings (SSSR count). The third kappa shape index (κ3) is 3.23. The summed E-state index contributed by atoms with van der Waals surface area (Å²) >= 11 is 0. The van der Waals surface area contributed by atoms with Crippen molar-refractivity contribution in [2.45, 2.75) is 12.5 Å². The van der Waals surface area contributed by atoms with Crippen LogP contribution in [0.25, 0.3) is 0 Å². The van der Waals surface area contributed by atoms with Crippen LogP contribution in [0, 0.1) is 0 Å². The minimum absolute atomic E-state index is 0.247. The van der Waals surface area contributed by atoms with Crippen molar-refractivity contribution >= 4 is 12.1 Å². The minimum atomic E-state index is -0.247. The normalized spacial score (nSPS) is 16.5. The number of nitrogens with one attached hydrogen (secondary N) is 1. The van der Waals surface area contributed by atoms with Gasteiger partial charge in [-0.05, 0) is 18.6 Å². The standard InChI is InChI=1S/C12H16FN3O/c13-4-1-5-16-7-11(8-16)15-12-3-2-10(9-17)6-14-12/h2-3,6,9,11H,1,4-5,7-8H2,(H,14,15). The molecule has 0 amide bonds. The van der Waals surface area contributed by atoms with Crippen LogP contribution in [0.15, 0.2) is 18.3 Å². The van der Waals surface area contributed by atoms with Crippen LogP contribution in [0.3, 0.4) is 0 Å². The maximum Gasteiger partial charge on any atom is 0.151 e. The zero-order valence-electron chi connectivity index (χ0n) is 9.60. The maximum atomic E-state index is 11.9. The number of halogens is 1. The fraction of sp³-hybridized carbons (Fsp3) is 0.500. The van der Waals surface area contributed by atoms with Gasteiger partial charge in [-0.25, -0.2) is 4.98 Å². The highest BCUT2D eigenvalue weighted by molar-refractivity contribution is 5.74. The summed E-state index contributed by atoms with van der Waals surface area (Å²) in [5, 5.41) is 3.27. The van der Waals surface area contributed by atoms with Gasteiger partial charge in [-0.2, -0.15) is 0 Å². The number of carbonyl (C=O) groups excluding carboxylic acids is 1. The molecular formula is C12H16FN3O. The molecule has 0 spiro atoms. The van der Waals surface area contributed by atoms with E-state index < -0.39 is 0 Å². The molecule has 0 aliphatic carbocycles. The van der Waals surface area contributed by atoms with E-state index in [1.807, 2.05) is 0 Å². The summed E-state index contributed by atoms with van der Waals surface area (Å²) in [6.07, 6.45) is 2.94. The lowest BCUT2D eigenvalue weighted by molar-refractivity contribution is 0.112. The molecule has 1 aliphatic rings. The highest BCUT2D eigenvalue weighted by atomic mass is 19.1. The smallest absolute Gasteiger partial charge is 0.151 e. The highest BCUT2D eigenvalue weighted by Crippen LogP contribution is 2.13. The molecule has 1 aliphatic heterocycles. The molecule has 0 saturated carbocycles. The summed E-state index contributed by atoms with van der Waals surface area (Å²) in [5.41, 5.74) is 0.578. The van der Waals surface area contributed by atoms with E-state index in [0.29, 0.717) is 18.0 Å². The largest absolute Gasteiger partial charge is 0.365 e. The van der Waals surface area contributed by atoms with Crippen molar-refractivity contribution in [2.24, 2.45) is 0 Å². The van der Waals surface area contributed by atoms with Gasteiger partial charge < -0.3 is 5.32 Å². The van der Waals surface area contributed by atoms with Gasteiger partial charge in [0, 0.05) is 31.4 Å². The molecule has 4 nitrogen and oxygen atoms in total. The van der Waals surface area contributed by atoms with Crippen molar-refractivity contribution in [3.63, 3.8) is 0 Å². The Morgan fingerprint density at radius 2 is 2.35 bits per heavy atom. The number of rotatable bonds is 6. The molecule has 1 N–H and O–H groups in total. The molecular weight excluding hydrogens is 221 g/mol. The molecule has 2 heterocycles. The molecule has 0 atom stereocenters. The van der Waals surface area contributed by atoms with Crippen molar-refractivity contribution in [1.82, 2.24) is 9.88 Å². The van der Waals surface area contributed by atoms with E-state index in [9.17, 15) is 9.18 Å². The van der Waals surface area contributed by atoms with Crippen LogP contribution in [0.1, 0.15) is 16.8 Å². The van der Waals surface area contributed by atoms with Gasteiger partial charge in [-0.3, -0.25) is 14.1 Å². The number of nitrogens with zero attached hydrogens (tertiary/aromatic N) is 2. The van der Waals surface area contributed by atoms with E-state index in [1.165, 1.54) is 0 Å². The van der Waals surface area contributed by atoms with Crippen LogP contribution in [-0.4, -0.2) is 48.5 Å². The number of pyridine rings is 1. The van der Waals surface area contributed by atoms with E-state index in [1.54, 1.807) is 18.3 Å². The highest BCUT2D eigenvalue weighted by Gasteiger charge is 2.25. The average Bonchev–Trinajstić information content (AvgIpc) is 2.32. The number of hydrogen-bond acceptors (Lipinski definition) is 4. The van der Waals surface area contributed by atoms with Crippen LogP contribution in [0.2, 0.25) is 0 Å². The van der Waals surface area contributed by atoms with Gasteiger partial charge in [0.05, 0.1) is 12.7 Å². The fourth-order valence-electron chi connectivity index (χ4n) is 1.90. The Kier molecular flexibility index (Phi) is 4.03. The molecule has 0 aromatic carbocycles. The quantitative estimate of drug-likeness (QED) is 0.759. The Morgan fingerprint density at radius 3 is 2.94 bits per heavy atom. The fourth-order valence-corrected chi connectivity index (χ4v) is 1.90. The Bertz CT molecular complexity index is 363. The van der Waals surface area contributed by atoms with E-state index in [-0.39, 0.29) is 6.67 Å². The number of aromatic nitrogens is 1. The third-order valence-electron chi connectivity index (χ3n) is 2.84. The van der Waals surface area contributed by atoms with E-state index in [0.717, 1.165) is 31.7 Å². The lowest BCUT2D eigenvalue weighted by Crippen LogP contribution is -2.54. The number of hydrogen-bond donors (Lipinski definition) is 1. The second-order valence-corrected chi connectivity index (χ2v) is 4.24. The number of likely N-dealkylation sites (tertiary alicyclic amines) is 1. The molecule has 1 saturated heterocycles. The van der Waals surface area contributed by atoms with Crippen molar-refractivity contribution < 1.29 is 9.18 Å². The Hall–Kier alpha value is -1.49. The number of aldehydes is 1. The zero-order valence-corrected chi connectivity index (χ0v) is 9.60. The molecule has 0 bridgehead atoms. The lowest BCUT2D eigenvalue weighted by Gasteiger charge is -2.39. The SMILES string of the molecule is O=Cc1ccc(NC2CN(CCCF)C2)nc1. The van der Waals surface area contributed by atoms with Crippen molar-refractivity contribution in [3.8, 4) is 0 Å². The Balaban J connectivity index is 1.73. The summed E-state index contributed by atoms with van der Waals surface area (Å²) in [6.45, 7) is 2.43. The third-order valence-corrected chi connectivity index (χ3v) is 2.84. The van der Waals surface area contributed by atoms with Crippen LogP contribution in [-0.2, 0) is 0 Å². The lowest BCUT2D eigenvalue weighted by atomic mass is 10.1. The number of anilines is 1. The second kappa shape index (κ2) is 5.72. The zero-order chi connectivity index (χ0) is 12.1. The van der Waals surface area contributed by atoms with E-state index in [4.69, 9.17) is 0 Å². The van der Waals surface area contributed by atoms with Crippen LogP contribution in [0.4, 0.5) is 10.2 Å². The topological polar surface area (TPSA) is 45.2 Å². The van der Waals surface area contributed by atoms with Crippen LogP contribution >= 0.6 is 0 Å². The first kappa shape index (κ1) is 12.0. The summed E-state index contributed by atoms with van der Waals surface area (Å²) in [7, 11) is 0. The van der Waals surface area contributed by atoms with Gasteiger partial charge in [0.1, 0.15) is 5.82 Å². The first-order chi connectivity index (χ1) is 8.31. The molecule has 1 aromatic heterocycles. The molecule has 0 unspecified atom stereocenters. The second-order valence-electron chi connectivity index (χ2n) is 4.24. The molecule has 0 radical (unpaired) electrons. The first-order valence-corrected chi connectivity index (χ1v) is 5.78. The molecule has 17 heavy (non-hydrogen) atoms. The minimum Gasteiger partial charge on any atom is -0.365 e.